The molecule has 2 atom stereocenters. The van der Waals surface area contributed by atoms with Crippen LogP contribution >= 0.6 is 0 Å². The van der Waals surface area contributed by atoms with Gasteiger partial charge in [-0.05, 0) is 18.4 Å². The minimum Gasteiger partial charge on any atom is -0.368 e. The SMILES string of the molecule is CO[C@@H](C(=O)N1CCCC1C(N)=O)c1ccccc1. The molecule has 0 bridgehead atoms. The molecule has 1 saturated heterocycles. The van der Waals surface area contributed by atoms with Crippen LogP contribution in [0.4, 0.5) is 0 Å². The van der Waals surface area contributed by atoms with Crippen molar-refractivity contribution < 1.29 is 14.3 Å². The maximum absolute atomic E-state index is 12.5. The molecular weight excluding hydrogens is 244 g/mol. The molecule has 19 heavy (non-hydrogen) atoms. The fraction of sp³-hybridized carbons (Fsp3) is 0.429. The summed E-state index contributed by atoms with van der Waals surface area (Å²) in [6.07, 6.45) is 0.748. The van der Waals surface area contributed by atoms with Crippen molar-refractivity contribution in [3.8, 4) is 0 Å². The lowest BCUT2D eigenvalue weighted by molar-refractivity contribution is -0.146. The molecule has 2 amide bonds. The van der Waals surface area contributed by atoms with Crippen molar-refractivity contribution in [2.45, 2.75) is 25.0 Å². The highest BCUT2D eigenvalue weighted by molar-refractivity contribution is 5.89. The second-order valence-corrected chi connectivity index (χ2v) is 4.62. The smallest absolute Gasteiger partial charge is 0.257 e. The van der Waals surface area contributed by atoms with Crippen LogP contribution in [0, 0.1) is 0 Å². The molecule has 0 radical (unpaired) electrons. The molecule has 1 unspecified atom stereocenters. The number of primary amides is 1. The molecular formula is C14H18N2O3. The molecule has 2 rings (SSSR count). The minimum absolute atomic E-state index is 0.199. The van der Waals surface area contributed by atoms with E-state index in [1.165, 1.54) is 12.0 Å². The number of methoxy groups -OCH3 is 1. The van der Waals surface area contributed by atoms with Gasteiger partial charge in [0.15, 0.2) is 6.10 Å². The van der Waals surface area contributed by atoms with Gasteiger partial charge in [-0.3, -0.25) is 9.59 Å². The van der Waals surface area contributed by atoms with Gasteiger partial charge in [-0.1, -0.05) is 30.3 Å². The second-order valence-electron chi connectivity index (χ2n) is 4.62. The summed E-state index contributed by atoms with van der Waals surface area (Å²) >= 11 is 0. The first kappa shape index (κ1) is 13.5. The van der Waals surface area contributed by atoms with Gasteiger partial charge in [0.25, 0.3) is 5.91 Å². The summed E-state index contributed by atoms with van der Waals surface area (Å²) in [6, 6.07) is 8.74. The van der Waals surface area contributed by atoms with Crippen molar-refractivity contribution in [2.75, 3.05) is 13.7 Å². The predicted molar refractivity (Wildman–Crippen MR) is 70.1 cm³/mol. The average molecular weight is 262 g/mol. The number of nitrogens with zero attached hydrogens (tertiary/aromatic N) is 1. The second kappa shape index (κ2) is 5.84. The van der Waals surface area contributed by atoms with Crippen LogP contribution in [0.15, 0.2) is 30.3 Å². The van der Waals surface area contributed by atoms with E-state index in [2.05, 4.69) is 0 Å². The van der Waals surface area contributed by atoms with Crippen LogP contribution < -0.4 is 5.73 Å². The molecule has 1 heterocycles. The van der Waals surface area contributed by atoms with Crippen molar-refractivity contribution in [2.24, 2.45) is 5.73 Å². The van der Waals surface area contributed by atoms with Crippen LogP contribution in [0.1, 0.15) is 24.5 Å². The Balaban J connectivity index is 2.19. The van der Waals surface area contributed by atoms with Gasteiger partial charge in [0, 0.05) is 13.7 Å². The molecule has 0 aromatic heterocycles. The van der Waals surface area contributed by atoms with Gasteiger partial charge >= 0.3 is 0 Å². The fourth-order valence-corrected chi connectivity index (χ4v) is 2.48. The largest absolute Gasteiger partial charge is 0.368 e. The lowest BCUT2D eigenvalue weighted by Crippen LogP contribution is -2.45. The highest BCUT2D eigenvalue weighted by Gasteiger charge is 2.36. The van der Waals surface area contributed by atoms with E-state index in [4.69, 9.17) is 10.5 Å². The van der Waals surface area contributed by atoms with Crippen LogP contribution in [0.2, 0.25) is 0 Å². The normalized spacial score (nSPS) is 20.3. The molecule has 1 aliphatic rings. The van der Waals surface area contributed by atoms with Gasteiger partial charge in [0.05, 0.1) is 0 Å². The Morgan fingerprint density at radius 1 is 1.37 bits per heavy atom. The third-order valence-electron chi connectivity index (χ3n) is 3.43. The van der Waals surface area contributed by atoms with Crippen LogP contribution in [0.25, 0.3) is 0 Å². The fourth-order valence-electron chi connectivity index (χ4n) is 2.48. The zero-order chi connectivity index (χ0) is 13.8. The highest BCUT2D eigenvalue weighted by Crippen LogP contribution is 2.25. The number of amides is 2. The van der Waals surface area contributed by atoms with Gasteiger partial charge in [-0.2, -0.15) is 0 Å². The number of nitrogens with two attached hydrogens (primary N) is 1. The van der Waals surface area contributed by atoms with E-state index in [9.17, 15) is 9.59 Å². The number of hydrogen-bond acceptors (Lipinski definition) is 3. The molecule has 5 nitrogen and oxygen atoms in total. The molecule has 1 aromatic rings. The average Bonchev–Trinajstić information content (AvgIpc) is 2.90. The Morgan fingerprint density at radius 3 is 2.63 bits per heavy atom. The van der Waals surface area contributed by atoms with Crippen molar-refractivity contribution in [1.29, 1.82) is 0 Å². The molecule has 102 valence electrons. The summed E-state index contributed by atoms with van der Waals surface area (Å²) in [6.45, 7) is 0.555. The molecule has 0 aliphatic carbocycles. The topological polar surface area (TPSA) is 72.6 Å². The maximum atomic E-state index is 12.5. The van der Waals surface area contributed by atoms with Crippen molar-refractivity contribution in [3.63, 3.8) is 0 Å². The summed E-state index contributed by atoms with van der Waals surface area (Å²) in [5, 5.41) is 0. The van der Waals surface area contributed by atoms with Gasteiger partial charge in [-0.15, -0.1) is 0 Å². The predicted octanol–water partition coefficient (Wildman–Crippen LogP) is 0.850. The Bertz CT molecular complexity index is 461. The number of ether oxygens (including phenoxy) is 1. The van der Waals surface area contributed by atoms with Gasteiger partial charge < -0.3 is 15.4 Å². The first-order valence-corrected chi connectivity index (χ1v) is 6.32. The highest BCUT2D eigenvalue weighted by atomic mass is 16.5. The van der Waals surface area contributed by atoms with Crippen molar-refractivity contribution in [3.05, 3.63) is 35.9 Å². The summed E-state index contributed by atoms with van der Waals surface area (Å²) in [5.74, 6) is -0.649. The number of hydrogen-bond donors (Lipinski definition) is 1. The quantitative estimate of drug-likeness (QED) is 0.874. The van der Waals surface area contributed by atoms with E-state index < -0.39 is 18.1 Å². The minimum atomic E-state index is -0.679. The van der Waals surface area contributed by atoms with Crippen LogP contribution in [0.5, 0.6) is 0 Å². The number of likely N-dealkylation sites (tertiary alicyclic amines) is 1. The van der Waals surface area contributed by atoms with E-state index in [-0.39, 0.29) is 5.91 Å². The molecule has 1 aromatic carbocycles. The standard InChI is InChI=1S/C14H18N2O3/c1-19-12(10-6-3-2-4-7-10)14(18)16-9-5-8-11(16)13(15)17/h2-4,6-7,11-12H,5,8-9H2,1H3,(H2,15,17)/t11?,12-/m1/s1. The Labute approximate surface area is 112 Å². The Kier molecular flexibility index (Phi) is 4.16. The molecule has 0 spiro atoms. The van der Waals surface area contributed by atoms with Gasteiger partial charge in [-0.25, -0.2) is 0 Å². The number of carbonyl (C=O) groups is 2. The Hall–Kier alpha value is -1.88. The third-order valence-corrected chi connectivity index (χ3v) is 3.43. The van der Waals surface area contributed by atoms with Crippen molar-refractivity contribution in [1.82, 2.24) is 4.90 Å². The lowest BCUT2D eigenvalue weighted by atomic mass is 10.1. The molecule has 1 aliphatic heterocycles. The first-order chi connectivity index (χ1) is 9.15. The zero-order valence-electron chi connectivity index (χ0n) is 10.9. The summed E-state index contributed by atoms with van der Waals surface area (Å²) in [4.78, 5) is 25.4. The molecule has 2 N–H and O–H groups in total. The van der Waals surface area contributed by atoms with Gasteiger partial charge in [0.1, 0.15) is 6.04 Å². The first-order valence-electron chi connectivity index (χ1n) is 6.32. The summed E-state index contributed by atoms with van der Waals surface area (Å²) < 4.78 is 5.30. The van der Waals surface area contributed by atoms with Crippen LogP contribution in [-0.2, 0) is 14.3 Å². The van der Waals surface area contributed by atoms with E-state index in [1.807, 2.05) is 30.3 Å². The maximum Gasteiger partial charge on any atom is 0.257 e. The van der Waals surface area contributed by atoms with Gasteiger partial charge in [0.2, 0.25) is 5.91 Å². The zero-order valence-corrected chi connectivity index (χ0v) is 10.9. The third kappa shape index (κ3) is 2.76. The number of benzene rings is 1. The Morgan fingerprint density at radius 2 is 2.05 bits per heavy atom. The van der Waals surface area contributed by atoms with E-state index in [1.54, 1.807) is 0 Å². The molecule has 5 heteroatoms. The monoisotopic (exact) mass is 262 g/mol. The number of rotatable bonds is 4. The summed E-state index contributed by atoms with van der Waals surface area (Å²) in [5.41, 5.74) is 6.12. The van der Waals surface area contributed by atoms with Crippen molar-refractivity contribution >= 4 is 11.8 Å². The molecule has 0 saturated carbocycles. The lowest BCUT2D eigenvalue weighted by Gasteiger charge is -2.26. The number of carbonyl (C=O) groups excluding carboxylic acids is 2. The van der Waals surface area contributed by atoms with Crippen LogP contribution in [0.3, 0.4) is 0 Å². The van der Waals surface area contributed by atoms with Crippen LogP contribution in [-0.4, -0.2) is 36.4 Å². The summed E-state index contributed by atoms with van der Waals surface area (Å²) in [7, 11) is 1.49. The molecule has 1 fully saturated rings. The van der Waals surface area contributed by atoms with E-state index >= 15 is 0 Å². The van der Waals surface area contributed by atoms with E-state index in [0.717, 1.165) is 12.0 Å². The van der Waals surface area contributed by atoms with E-state index in [0.29, 0.717) is 13.0 Å².